The fourth-order valence-corrected chi connectivity index (χ4v) is 1.68. The van der Waals surface area contributed by atoms with Gasteiger partial charge in [0.25, 0.3) is 11.8 Å². The summed E-state index contributed by atoms with van der Waals surface area (Å²) in [5.41, 5.74) is 5.28. The molecule has 1 aromatic rings. The summed E-state index contributed by atoms with van der Waals surface area (Å²) < 4.78 is 4.73. The third-order valence-corrected chi connectivity index (χ3v) is 2.92. The number of hydrogen-bond donors (Lipinski definition) is 2. The Hall–Kier alpha value is -2.08. The molecule has 0 spiro atoms. The van der Waals surface area contributed by atoms with E-state index < -0.39 is 30.4 Å². The van der Waals surface area contributed by atoms with Crippen LogP contribution in [0.4, 0.5) is 0 Å². The molecule has 3 N–H and O–H groups in total. The van der Waals surface area contributed by atoms with E-state index in [4.69, 9.17) is 22.1 Å². The maximum Gasteiger partial charge on any atom is 0.329 e. The van der Waals surface area contributed by atoms with Crippen LogP contribution in [0, 0.1) is 5.92 Å². The molecule has 0 saturated carbocycles. The molecular formula is C14H17ClN2O4. The van der Waals surface area contributed by atoms with Gasteiger partial charge in [-0.3, -0.25) is 9.59 Å². The summed E-state index contributed by atoms with van der Waals surface area (Å²) in [6.45, 7) is 2.98. The lowest BCUT2D eigenvalue weighted by atomic mass is 10.0. The topological polar surface area (TPSA) is 98.5 Å². The number of primary amides is 1. The van der Waals surface area contributed by atoms with Gasteiger partial charge in [0, 0.05) is 10.6 Å². The average Bonchev–Trinajstić information content (AvgIpc) is 2.42. The molecule has 1 rings (SSSR count). The molecule has 0 aliphatic rings. The first kappa shape index (κ1) is 17.0. The fourth-order valence-electron chi connectivity index (χ4n) is 1.56. The van der Waals surface area contributed by atoms with Crippen molar-refractivity contribution in [2.45, 2.75) is 19.9 Å². The summed E-state index contributed by atoms with van der Waals surface area (Å²) in [6, 6.07) is 5.37. The number of rotatable bonds is 6. The second-order valence-electron chi connectivity index (χ2n) is 4.78. The summed E-state index contributed by atoms with van der Waals surface area (Å²) in [5, 5.41) is 3.07. The summed E-state index contributed by atoms with van der Waals surface area (Å²) >= 11 is 5.74. The molecule has 7 heteroatoms. The molecule has 0 aliphatic carbocycles. The van der Waals surface area contributed by atoms with Crippen molar-refractivity contribution in [3.8, 4) is 0 Å². The van der Waals surface area contributed by atoms with E-state index >= 15 is 0 Å². The van der Waals surface area contributed by atoms with Crippen LogP contribution in [0.2, 0.25) is 5.02 Å². The monoisotopic (exact) mass is 312 g/mol. The molecular weight excluding hydrogens is 296 g/mol. The molecule has 0 aliphatic heterocycles. The molecule has 0 aromatic heterocycles. The first-order chi connectivity index (χ1) is 9.81. The quantitative estimate of drug-likeness (QED) is 0.769. The standard InChI is InChI=1S/C14H17ClN2O4/c1-8(2)12(14(20)21-7-11(16)18)17-13(19)9-3-5-10(15)6-4-9/h3-6,8,12H,7H2,1-2H3,(H2,16,18)(H,17,19)/t12-/m0/s1. The van der Waals surface area contributed by atoms with Crippen molar-refractivity contribution in [1.82, 2.24) is 5.32 Å². The Bertz CT molecular complexity index is 528. The van der Waals surface area contributed by atoms with Crippen molar-refractivity contribution in [2.24, 2.45) is 11.7 Å². The van der Waals surface area contributed by atoms with Crippen LogP contribution in [0.1, 0.15) is 24.2 Å². The molecule has 6 nitrogen and oxygen atoms in total. The first-order valence-corrected chi connectivity index (χ1v) is 6.70. The Morgan fingerprint density at radius 3 is 2.29 bits per heavy atom. The maximum absolute atomic E-state index is 12.1. The molecule has 2 amide bonds. The van der Waals surface area contributed by atoms with Crippen molar-refractivity contribution in [3.63, 3.8) is 0 Å². The lowest BCUT2D eigenvalue weighted by molar-refractivity contribution is -0.150. The molecule has 1 atom stereocenters. The minimum absolute atomic E-state index is 0.207. The third kappa shape index (κ3) is 5.43. The van der Waals surface area contributed by atoms with Crippen LogP contribution < -0.4 is 11.1 Å². The van der Waals surface area contributed by atoms with Gasteiger partial charge in [0.1, 0.15) is 6.04 Å². The number of carbonyl (C=O) groups is 3. The predicted octanol–water partition coefficient (Wildman–Crippen LogP) is 1.12. The van der Waals surface area contributed by atoms with Gasteiger partial charge in [0.05, 0.1) is 0 Å². The molecule has 0 radical (unpaired) electrons. The van der Waals surface area contributed by atoms with E-state index in [2.05, 4.69) is 5.32 Å². The molecule has 1 aromatic carbocycles. The Labute approximate surface area is 127 Å². The highest BCUT2D eigenvalue weighted by Gasteiger charge is 2.26. The van der Waals surface area contributed by atoms with Crippen LogP contribution in [0.3, 0.4) is 0 Å². The van der Waals surface area contributed by atoms with E-state index in [9.17, 15) is 14.4 Å². The van der Waals surface area contributed by atoms with Gasteiger partial charge < -0.3 is 15.8 Å². The SMILES string of the molecule is CC(C)[C@H](NC(=O)c1ccc(Cl)cc1)C(=O)OCC(N)=O. The highest BCUT2D eigenvalue weighted by molar-refractivity contribution is 6.30. The van der Waals surface area contributed by atoms with E-state index in [1.54, 1.807) is 38.1 Å². The van der Waals surface area contributed by atoms with Gasteiger partial charge in [-0.05, 0) is 30.2 Å². The second-order valence-corrected chi connectivity index (χ2v) is 5.21. The fraction of sp³-hybridized carbons (Fsp3) is 0.357. The first-order valence-electron chi connectivity index (χ1n) is 6.32. The smallest absolute Gasteiger partial charge is 0.329 e. The summed E-state index contributed by atoms with van der Waals surface area (Å²) in [5.74, 6) is -2.09. The van der Waals surface area contributed by atoms with Crippen LogP contribution in [-0.2, 0) is 14.3 Å². The average molecular weight is 313 g/mol. The number of nitrogens with two attached hydrogens (primary N) is 1. The molecule has 0 unspecified atom stereocenters. The predicted molar refractivity (Wildman–Crippen MR) is 77.7 cm³/mol. The van der Waals surface area contributed by atoms with Crippen molar-refractivity contribution < 1.29 is 19.1 Å². The molecule has 114 valence electrons. The third-order valence-electron chi connectivity index (χ3n) is 2.67. The molecule has 0 heterocycles. The van der Waals surface area contributed by atoms with Crippen molar-refractivity contribution in [2.75, 3.05) is 6.61 Å². The molecule has 0 fully saturated rings. The van der Waals surface area contributed by atoms with E-state index in [1.165, 1.54) is 0 Å². The Kier molecular flexibility index (Phi) is 6.17. The van der Waals surface area contributed by atoms with Crippen molar-refractivity contribution >= 4 is 29.4 Å². The molecule has 21 heavy (non-hydrogen) atoms. The highest BCUT2D eigenvalue weighted by Crippen LogP contribution is 2.11. The minimum atomic E-state index is -0.868. The van der Waals surface area contributed by atoms with Gasteiger partial charge in [-0.15, -0.1) is 0 Å². The summed E-state index contributed by atoms with van der Waals surface area (Å²) in [6.07, 6.45) is 0. The zero-order chi connectivity index (χ0) is 16.0. The van der Waals surface area contributed by atoms with Gasteiger partial charge in [0.2, 0.25) is 0 Å². The molecule has 0 bridgehead atoms. The van der Waals surface area contributed by atoms with E-state index in [-0.39, 0.29) is 5.92 Å². The zero-order valence-corrected chi connectivity index (χ0v) is 12.5. The van der Waals surface area contributed by atoms with Crippen LogP contribution in [0.5, 0.6) is 0 Å². The van der Waals surface area contributed by atoms with Gasteiger partial charge in [-0.1, -0.05) is 25.4 Å². The number of halogens is 1. The van der Waals surface area contributed by atoms with Gasteiger partial charge in [-0.25, -0.2) is 4.79 Å². The van der Waals surface area contributed by atoms with Gasteiger partial charge in [0.15, 0.2) is 6.61 Å². The number of esters is 1. The molecule has 0 saturated heterocycles. The zero-order valence-electron chi connectivity index (χ0n) is 11.8. The Morgan fingerprint density at radius 1 is 1.24 bits per heavy atom. The number of amides is 2. The lowest BCUT2D eigenvalue weighted by Crippen LogP contribution is -2.46. The van der Waals surface area contributed by atoms with E-state index in [0.717, 1.165) is 0 Å². The van der Waals surface area contributed by atoms with E-state index in [0.29, 0.717) is 10.6 Å². The number of benzene rings is 1. The van der Waals surface area contributed by atoms with Crippen LogP contribution in [0.25, 0.3) is 0 Å². The Balaban J connectivity index is 2.73. The van der Waals surface area contributed by atoms with Crippen molar-refractivity contribution in [3.05, 3.63) is 34.9 Å². The lowest BCUT2D eigenvalue weighted by Gasteiger charge is -2.20. The van der Waals surface area contributed by atoms with Crippen LogP contribution in [0.15, 0.2) is 24.3 Å². The highest BCUT2D eigenvalue weighted by atomic mass is 35.5. The minimum Gasteiger partial charge on any atom is -0.454 e. The van der Waals surface area contributed by atoms with E-state index in [1.807, 2.05) is 0 Å². The number of hydrogen-bond acceptors (Lipinski definition) is 4. The summed E-state index contributed by atoms with van der Waals surface area (Å²) in [4.78, 5) is 34.5. The Morgan fingerprint density at radius 2 is 1.81 bits per heavy atom. The van der Waals surface area contributed by atoms with Crippen LogP contribution in [-0.4, -0.2) is 30.4 Å². The van der Waals surface area contributed by atoms with Gasteiger partial charge >= 0.3 is 5.97 Å². The number of nitrogens with one attached hydrogen (secondary N) is 1. The second kappa shape index (κ2) is 7.64. The van der Waals surface area contributed by atoms with Gasteiger partial charge in [-0.2, -0.15) is 0 Å². The number of ether oxygens (including phenoxy) is 1. The summed E-state index contributed by atoms with van der Waals surface area (Å²) in [7, 11) is 0. The largest absolute Gasteiger partial charge is 0.454 e. The normalized spacial score (nSPS) is 11.8. The van der Waals surface area contributed by atoms with Crippen molar-refractivity contribution in [1.29, 1.82) is 0 Å². The maximum atomic E-state index is 12.1. The van der Waals surface area contributed by atoms with Crippen LogP contribution >= 0.6 is 11.6 Å². The number of carbonyl (C=O) groups excluding carboxylic acids is 3.